The van der Waals surface area contributed by atoms with Gasteiger partial charge in [0.1, 0.15) is 5.76 Å². The Hall–Kier alpha value is -1.81. The fourth-order valence-electron chi connectivity index (χ4n) is 1.90. The summed E-state index contributed by atoms with van der Waals surface area (Å²) in [4.78, 5) is 6.51. The smallest absolute Gasteiger partial charge is 0.105 e. The molecular weight excluding hydrogens is 226 g/mol. The van der Waals surface area contributed by atoms with Gasteiger partial charge in [0.05, 0.1) is 12.0 Å². The number of pyridine rings is 1. The third kappa shape index (κ3) is 2.90. The molecule has 0 aliphatic carbocycles. The highest BCUT2D eigenvalue weighted by Crippen LogP contribution is 2.18. The molecule has 2 rings (SSSR count). The summed E-state index contributed by atoms with van der Waals surface area (Å²) in [6.07, 6.45) is 3.58. The van der Waals surface area contributed by atoms with Crippen molar-refractivity contribution in [1.82, 2.24) is 10.3 Å². The van der Waals surface area contributed by atoms with E-state index in [1.54, 1.807) is 6.26 Å². The Morgan fingerprint density at radius 2 is 2.22 bits per heavy atom. The van der Waals surface area contributed by atoms with Gasteiger partial charge in [-0.05, 0) is 32.2 Å². The maximum atomic E-state index is 5.31. The van der Waals surface area contributed by atoms with Crippen LogP contribution in [0.3, 0.4) is 0 Å². The van der Waals surface area contributed by atoms with Gasteiger partial charge in [-0.25, -0.2) is 0 Å². The van der Waals surface area contributed by atoms with Gasteiger partial charge in [0.15, 0.2) is 0 Å². The van der Waals surface area contributed by atoms with Crippen LogP contribution in [0.25, 0.3) is 0 Å². The molecule has 0 aliphatic rings. The van der Waals surface area contributed by atoms with Crippen molar-refractivity contribution in [1.29, 1.82) is 0 Å². The molecular formula is C14H19N3O. The van der Waals surface area contributed by atoms with Crippen LogP contribution in [0.1, 0.15) is 17.0 Å². The molecule has 0 saturated heterocycles. The number of nitrogens with one attached hydrogen (secondary N) is 1. The summed E-state index contributed by atoms with van der Waals surface area (Å²) in [6, 6.07) is 6.14. The Morgan fingerprint density at radius 1 is 1.39 bits per heavy atom. The lowest BCUT2D eigenvalue weighted by Crippen LogP contribution is -2.17. The van der Waals surface area contributed by atoms with E-state index in [1.807, 2.05) is 32.3 Å². The number of furan rings is 1. The fraction of sp³-hybridized carbons (Fsp3) is 0.357. The van der Waals surface area contributed by atoms with Crippen molar-refractivity contribution >= 4 is 5.69 Å². The van der Waals surface area contributed by atoms with Crippen molar-refractivity contribution in [2.75, 3.05) is 19.0 Å². The molecule has 0 radical (unpaired) electrons. The molecule has 0 saturated carbocycles. The van der Waals surface area contributed by atoms with Crippen molar-refractivity contribution in [2.24, 2.45) is 0 Å². The van der Waals surface area contributed by atoms with Gasteiger partial charge in [-0.1, -0.05) is 0 Å². The summed E-state index contributed by atoms with van der Waals surface area (Å²) in [5, 5.41) is 3.11. The molecule has 4 nitrogen and oxygen atoms in total. The molecule has 0 fully saturated rings. The first-order valence-electron chi connectivity index (χ1n) is 6.04. The summed E-state index contributed by atoms with van der Waals surface area (Å²) in [5.74, 6) is 0.978. The number of hydrogen-bond donors (Lipinski definition) is 1. The van der Waals surface area contributed by atoms with Gasteiger partial charge < -0.3 is 14.6 Å². The molecule has 0 bridgehead atoms. The second-order valence-corrected chi connectivity index (χ2v) is 4.39. The lowest BCUT2D eigenvalue weighted by Gasteiger charge is -2.19. The number of aryl methyl sites for hydroxylation is 1. The molecule has 0 aromatic carbocycles. The molecule has 0 atom stereocenters. The first-order chi connectivity index (χ1) is 8.70. The van der Waals surface area contributed by atoms with E-state index in [9.17, 15) is 0 Å². The highest BCUT2D eigenvalue weighted by Gasteiger charge is 2.07. The van der Waals surface area contributed by atoms with Crippen LogP contribution in [0, 0.1) is 6.92 Å². The monoisotopic (exact) mass is 245 g/mol. The van der Waals surface area contributed by atoms with Crippen molar-refractivity contribution < 1.29 is 4.42 Å². The summed E-state index contributed by atoms with van der Waals surface area (Å²) in [7, 11) is 4.00. The molecule has 96 valence electrons. The maximum Gasteiger partial charge on any atom is 0.105 e. The zero-order chi connectivity index (χ0) is 13.0. The highest BCUT2D eigenvalue weighted by atomic mass is 16.3. The number of nitrogens with zero attached hydrogens (tertiary/aromatic N) is 2. The van der Waals surface area contributed by atoms with E-state index in [0.29, 0.717) is 0 Å². The number of aromatic nitrogens is 1. The quantitative estimate of drug-likeness (QED) is 0.878. The van der Waals surface area contributed by atoms with Gasteiger partial charge in [0.25, 0.3) is 0 Å². The van der Waals surface area contributed by atoms with Crippen molar-refractivity contribution in [3.63, 3.8) is 0 Å². The van der Waals surface area contributed by atoms with E-state index in [-0.39, 0.29) is 0 Å². The molecule has 2 aromatic rings. The van der Waals surface area contributed by atoms with Crippen molar-refractivity contribution in [3.8, 4) is 0 Å². The molecule has 2 aromatic heterocycles. The lowest BCUT2D eigenvalue weighted by atomic mass is 10.2. The average molecular weight is 245 g/mol. The second kappa shape index (κ2) is 5.69. The average Bonchev–Trinajstić information content (AvgIpc) is 2.76. The van der Waals surface area contributed by atoms with Gasteiger partial charge in [-0.2, -0.15) is 0 Å². The second-order valence-electron chi connectivity index (χ2n) is 4.39. The third-order valence-electron chi connectivity index (χ3n) is 2.97. The molecule has 0 amide bonds. The first kappa shape index (κ1) is 12.6. The zero-order valence-corrected chi connectivity index (χ0v) is 11.1. The van der Waals surface area contributed by atoms with Gasteiger partial charge >= 0.3 is 0 Å². The van der Waals surface area contributed by atoms with Crippen LogP contribution < -0.4 is 10.2 Å². The number of rotatable bonds is 5. The van der Waals surface area contributed by atoms with Crippen LogP contribution in [0.2, 0.25) is 0 Å². The normalized spacial score (nSPS) is 10.6. The molecule has 1 N–H and O–H groups in total. The van der Waals surface area contributed by atoms with Crippen molar-refractivity contribution in [2.45, 2.75) is 20.0 Å². The standard InChI is InChI=1S/C14H19N3O/c1-11-12(5-7-18-11)10-17(3)14-4-6-16-13(8-14)9-15-2/h4-8,15H,9-10H2,1-3H3. The molecule has 2 heterocycles. The highest BCUT2D eigenvalue weighted by molar-refractivity contribution is 5.46. The van der Waals surface area contributed by atoms with Crippen LogP contribution in [0.4, 0.5) is 5.69 Å². The molecule has 18 heavy (non-hydrogen) atoms. The Bertz CT molecular complexity index is 507. The van der Waals surface area contributed by atoms with Crippen LogP contribution in [0.5, 0.6) is 0 Å². The Kier molecular flexibility index (Phi) is 3.99. The van der Waals surface area contributed by atoms with E-state index in [0.717, 1.165) is 30.2 Å². The SMILES string of the molecule is CNCc1cc(N(C)Cc2ccoc2C)ccn1. The Morgan fingerprint density at radius 3 is 2.89 bits per heavy atom. The lowest BCUT2D eigenvalue weighted by molar-refractivity contribution is 0.529. The summed E-state index contributed by atoms with van der Waals surface area (Å²) in [6.45, 7) is 3.61. The van der Waals surface area contributed by atoms with Gasteiger partial charge in [0, 0.05) is 37.6 Å². The largest absolute Gasteiger partial charge is 0.469 e. The molecule has 4 heteroatoms. The van der Waals surface area contributed by atoms with E-state index in [1.165, 1.54) is 5.56 Å². The van der Waals surface area contributed by atoms with Crippen LogP contribution >= 0.6 is 0 Å². The van der Waals surface area contributed by atoms with E-state index < -0.39 is 0 Å². The maximum absolute atomic E-state index is 5.31. The summed E-state index contributed by atoms with van der Waals surface area (Å²) < 4.78 is 5.31. The van der Waals surface area contributed by atoms with Crippen LogP contribution in [0.15, 0.2) is 35.1 Å². The predicted molar refractivity (Wildman–Crippen MR) is 72.6 cm³/mol. The summed E-state index contributed by atoms with van der Waals surface area (Å²) in [5.41, 5.74) is 3.42. The van der Waals surface area contributed by atoms with Gasteiger partial charge in [-0.3, -0.25) is 4.98 Å². The number of hydrogen-bond acceptors (Lipinski definition) is 4. The minimum Gasteiger partial charge on any atom is -0.469 e. The Labute approximate surface area is 108 Å². The topological polar surface area (TPSA) is 41.3 Å². The molecule has 0 aliphatic heterocycles. The predicted octanol–water partition coefficient (Wildman–Crippen LogP) is 2.34. The summed E-state index contributed by atoms with van der Waals surface area (Å²) >= 11 is 0. The zero-order valence-electron chi connectivity index (χ0n) is 11.1. The molecule has 0 unspecified atom stereocenters. The minimum atomic E-state index is 0.784. The van der Waals surface area contributed by atoms with E-state index >= 15 is 0 Å². The number of anilines is 1. The van der Waals surface area contributed by atoms with Crippen LogP contribution in [-0.2, 0) is 13.1 Å². The fourth-order valence-corrected chi connectivity index (χ4v) is 1.90. The van der Waals surface area contributed by atoms with Gasteiger partial charge in [-0.15, -0.1) is 0 Å². The van der Waals surface area contributed by atoms with Crippen molar-refractivity contribution in [3.05, 3.63) is 47.7 Å². The first-order valence-corrected chi connectivity index (χ1v) is 6.04. The Balaban J connectivity index is 2.11. The molecule has 0 spiro atoms. The van der Waals surface area contributed by atoms with E-state index in [4.69, 9.17) is 4.42 Å². The van der Waals surface area contributed by atoms with E-state index in [2.05, 4.69) is 28.3 Å². The van der Waals surface area contributed by atoms with Crippen LogP contribution in [-0.4, -0.2) is 19.1 Å². The third-order valence-corrected chi connectivity index (χ3v) is 2.97. The minimum absolute atomic E-state index is 0.784. The van der Waals surface area contributed by atoms with Gasteiger partial charge in [0.2, 0.25) is 0 Å².